The second-order valence-electron chi connectivity index (χ2n) is 9.17. The lowest BCUT2D eigenvalue weighted by Gasteiger charge is -2.32. The van der Waals surface area contributed by atoms with Gasteiger partial charge >= 0.3 is 0 Å². The van der Waals surface area contributed by atoms with Crippen molar-refractivity contribution in [3.63, 3.8) is 0 Å². The molecule has 1 aliphatic rings. The lowest BCUT2D eigenvalue weighted by atomic mass is 9.84. The zero-order valence-corrected chi connectivity index (χ0v) is 19.7. The maximum atomic E-state index is 13.2. The van der Waals surface area contributed by atoms with E-state index in [2.05, 4.69) is 51.3 Å². The van der Waals surface area contributed by atoms with E-state index in [0.717, 1.165) is 55.7 Å². The Morgan fingerprint density at radius 2 is 1.69 bits per heavy atom. The molecule has 0 aliphatic carbocycles. The molecule has 4 aromatic rings. The van der Waals surface area contributed by atoms with Crippen LogP contribution in [0.15, 0.2) is 90.0 Å². The number of nitrogens with zero attached hydrogens (tertiary/aromatic N) is 3. The normalized spacial score (nSPS) is 14.5. The van der Waals surface area contributed by atoms with E-state index in [0.29, 0.717) is 22.6 Å². The molecule has 35 heavy (non-hydrogen) atoms. The molecule has 5 heteroatoms. The minimum absolute atomic E-state index is 0.163. The summed E-state index contributed by atoms with van der Waals surface area (Å²) in [4.78, 5) is 23.2. The largest absolute Gasteiger partial charge is 0.328 e. The quantitative estimate of drug-likeness (QED) is 0.416. The van der Waals surface area contributed by atoms with E-state index < -0.39 is 0 Å². The van der Waals surface area contributed by atoms with Gasteiger partial charge in [-0.2, -0.15) is 5.26 Å². The van der Waals surface area contributed by atoms with E-state index in [-0.39, 0.29) is 5.56 Å². The van der Waals surface area contributed by atoms with E-state index in [4.69, 9.17) is 0 Å². The Kier molecular flexibility index (Phi) is 6.83. The number of likely N-dealkylation sites (tertiary alicyclic amines) is 1. The van der Waals surface area contributed by atoms with E-state index in [1.165, 1.54) is 5.56 Å². The van der Waals surface area contributed by atoms with Crippen LogP contribution in [0.3, 0.4) is 0 Å². The van der Waals surface area contributed by atoms with Crippen LogP contribution in [0.2, 0.25) is 0 Å². The van der Waals surface area contributed by atoms with Crippen molar-refractivity contribution in [1.29, 1.82) is 5.26 Å². The second-order valence-corrected chi connectivity index (χ2v) is 9.17. The van der Waals surface area contributed by atoms with Gasteiger partial charge in [0.15, 0.2) is 0 Å². The van der Waals surface area contributed by atoms with Gasteiger partial charge in [0.25, 0.3) is 5.56 Å². The highest BCUT2D eigenvalue weighted by Crippen LogP contribution is 2.34. The SMILES string of the molecule is N#Cc1ccccc1-c1c(CC2CCN(Cc3ccccc3)CC2)c(-c2ccccn2)c[nH]c1=O. The van der Waals surface area contributed by atoms with Gasteiger partial charge in [0.2, 0.25) is 0 Å². The summed E-state index contributed by atoms with van der Waals surface area (Å²) in [6.07, 6.45) is 6.48. The van der Waals surface area contributed by atoms with Crippen LogP contribution in [-0.4, -0.2) is 28.0 Å². The first-order chi connectivity index (χ1) is 17.2. The lowest BCUT2D eigenvalue weighted by Crippen LogP contribution is -2.34. The average molecular weight is 461 g/mol. The summed E-state index contributed by atoms with van der Waals surface area (Å²) in [6.45, 7) is 3.04. The second kappa shape index (κ2) is 10.5. The Morgan fingerprint density at radius 3 is 2.43 bits per heavy atom. The first-order valence-corrected chi connectivity index (χ1v) is 12.1. The fourth-order valence-corrected chi connectivity index (χ4v) is 5.09. The van der Waals surface area contributed by atoms with Crippen LogP contribution in [0.1, 0.15) is 29.5 Å². The molecule has 1 saturated heterocycles. The molecule has 5 rings (SSSR count). The Labute approximate surface area is 205 Å². The van der Waals surface area contributed by atoms with Gasteiger partial charge in [-0.25, -0.2) is 0 Å². The highest BCUT2D eigenvalue weighted by molar-refractivity contribution is 5.79. The number of aromatic amines is 1. The smallest absolute Gasteiger partial charge is 0.256 e. The third kappa shape index (κ3) is 5.08. The predicted molar refractivity (Wildman–Crippen MR) is 139 cm³/mol. The molecule has 1 fully saturated rings. The minimum atomic E-state index is -0.163. The maximum absolute atomic E-state index is 13.2. The number of nitriles is 1. The maximum Gasteiger partial charge on any atom is 0.256 e. The Balaban J connectivity index is 1.47. The summed E-state index contributed by atoms with van der Waals surface area (Å²) in [7, 11) is 0. The fourth-order valence-electron chi connectivity index (χ4n) is 5.09. The molecular formula is C30H28N4O. The van der Waals surface area contributed by atoms with Crippen LogP contribution < -0.4 is 5.56 Å². The van der Waals surface area contributed by atoms with Crippen LogP contribution in [0, 0.1) is 17.2 Å². The van der Waals surface area contributed by atoms with Crippen LogP contribution >= 0.6 is 0 Å². The van der Waals surface area contributed by atoms with Crippen molar-refractivity contribution in [3.05, 3.63) is 112 Å². The molecule has 1 aliphatic heterocycles. The van der Waals surface area contributed by atoms with E-state index >= 15 is 0 Å². The van der Waals surface area contributed by atoms with Crippen LogP contribution in [0.5, 0.6) is 0 Å². The zero-order valence-electron chi connectivity index (χ0n) is 19.7. The molecule has 5 nitrogen and oxygen atoms in total. The molecule has 174 valence electrons. The van der Waals surface area contributed by atoms with Gasteiger partial charge in [0.1, 0.15) is 0 Å². The molecule has 0 amide bonds. The summed E-state index contributed by atoms with van der Waals surface area (Å²) < 4.78 is 0. The Bertz CT molecular complexity index is 1380. The fraction of sp³-hybridized carbons (Fsp3) is 0.233. The molecule has 3 heterocycles. The third-order valence-electron chi connectivity index (χ3n) is 6.91. The third-order valence-corrected chi connectivity index (χ3v) is 6.91. The van der Waals surface area contributed by atoms with Crippen molar-refractivity contribution < 1.29 is 0 Å². The number of rotatable bonds is 6. The Morgan fingerprint density at radius 1 is 0.943 bits per heavy atom. The van der Waals surface area contributed by atoms with Gasteiger partial charge in [-0.1, -0.05) is 54.6 Å². The van der Waals surface area contributed by atoms with Gasteiger partial charge in [-0.05, 0) is 67.6 Å². The summed E-state index contributed by atoms with van der Waals surface area (Å²) in [5, 5.41) is 9.74. The highest BCUT2D eigenvalue weighted by atomic mass is 16.1. The van der Waals surface area contributed by atoms with Gasteiger partial charge in [0, 0.05) is 30.1 Å². The summed E-state index contributed by atoms with van der Waals surface area (Å²) in [5.74, 6) is 0.458. The van der Waals surface area contributed by atoms with Gasteiger partial charge in [-0.3, -0.25) is 14.7 Å². The first kappa shape index (κ1) is 22.8. The average Bonchev–Trinajstić information content (AvgIpc) is 2.91. The molecule has 2 aromatic heterocycles. The molecule has 0 atom stereocenters. The van der Waals surface area contributed by atoms with Crippen LogP contribution in [-0.2, 0) is 13.0 Å². The number of aromatic nitrogens is 2. The summed E-state index contributed by atoms with van der Waals surface area (Å²) in [6, 6.07) is 26.1. The van der Waals surface area contributed by atoms with Crippen molar-refractivity contribution in [1.82, 2.24) is 14.9 Å². The van der Waals surface area contributed by atoms with Crippen LogP contribution in [0.4, 0.5) is 0 Å². The number of piperidine rings is 1. The van der Waals surface area contributed by atoms with Gasteiger partial charge in [-0.15, -0.1) is 0 Å². The Hall–Kier alpha value is -4.01. The van der Waals surface area contributed by atoms with Crippen molar-refractivity contribution in [3.8, 4) is 28.5 Å². The summed E-state index contributed by atoms with van der Waals surface area (Å²) >= 11 is 0. The molecule has 1 N–H and O–H groups in total. The monoisotopic (exact) mass is 460 g/mol. The first-order valence-electron chi connectivity index (χ1n) is 12.1. The standard InChI is InChI=1S/C30H28N4O/c31-19-24-10-4-5-11-25(24)29-26(27(20-33-30(29)35)28-12-6-7-15-32-28)18-22-13-16-34(17-14-22)21-23-8-2-1-3-9-23/h1-12,15,20,22H,13-14,16-18,21H2,(H,33,35). The van der Waals surface area contributed by atoms with Gasteiger partial charge < -0.3 is 4.98 Å². The van der Waals surface area contributed by atoms with Gasteiger partial charge in [0.05, 0.1) is 22.9 Å². The zero-order chi connectivity index (χ0) is 24.0. The predicted octanol–water partition coefficient (Wildman–Crippen LogP) is 5.43. The highest BCUT2D eigenvalue weighted by Gasteiger charge is 2.25. The number of hydrogen-bond acceptors (Lipinski definition) is 4. The number of hydrogen-bond donors (Lipinski definition) is 1. The number of pyridine rings is 2. The molecule has 2 aromatic carbocycles. The summed E-state index contributed by atoms with van der Waals surface area (Å²) in [5.41, 5.74) is 5.71. The lowest BCUT2D eigenvalue weighted by molar-refractivity contribution is 0.177. The van der Waals surface area contributed by atoms with E-state index in [1.54, 1.807) is 18.5 Å². The molecule has 0 spiro atoms. The topological polar surface area (TPSA) is 72.8 Å². The number of nitrogens with one attached hydrogen (secondary N) is 1. The molecule has 0 saturated carbocycles. The molecule has 0 radical (unpaired) electrons. The van der Waals surface area contributed by atoms with Crippen molar-refractivity contribution in [2.45, 2.75) is 25.8 Å². The molecular weight excluding hydrogens is 432 g/mol. The van der Waals surface area contributed by atoms with E-state index in [9.17, 15) is 10.1 Å². The molecule has 0 unspecified atom stereocenters. The van der Waals surface area contributed by atoms with Crippen molar-refractivity contribution >= 4 is 0 Å². The number of benzene rings is 2. The number of H-pyrrole nitrogens is 1. The molecule has 0 bridgehead atoms. The van der Waals surface area contributed by atoms with E-state index in [1.807, 2.05) is 36.4 Å². The van der Waals surface area contributed by atoms with Crippen molar-refractivity contribution in [2.75, 3.05) is 13.1 Å². The minimum Gasteiger partial charge on any atom is -0.328 e. The van der Waals surface area contributed by atoms with Crippen molar-refractivity contribution in [2.24, 2.45) is 5.92 Å². The van der Waals surface area contributed by atoms with Crippen LogP contribution in [0.25, 0.3) is 22.4 Å².